The fraction of sp³-hybridized carbons (Fsp3) is 0.500. The third-order valence-corrected chi connectivity index (χ3v) is 2.93. The van der Waals surface area contributed by atoms with Crippen LogP contribution < -0.4 is 5.32 Å². The van der Waals surface area contributed by atoms with Gasteiger partial charge in [-0.2, -0.15) is 0 Å². The summed E-state index contributed by atoms with van der Waals surface area (Å²) in [4.78, 5) is 11.7. The zero-order valence-electron chi connectivity index (χ0n) is 11.1. The minimum absolute atomic E-state index is 0.251. The monoisotopic (exact) mass is 269 g/mol. The van der Waals surface area contributed by atoms with E-state index >= 15 is 0 Å². The van der Waals surface area contributed by atoms with Gasteiger partial charge >= 0.3 is 5.97 Å². The maximum atomic E-state index is 11.7. The molecule has 0 fully saturated rings. The van der Waals surface area contributed by atoms with Gasteiger partial charge in [-0.25, -0.2) is 4.79 Å². The first kappa shape index (κ1) is 14.8. The van der Waals surface area contributed by atoms with Crippen molar-refractivity contribution in [2.24, 2.45) is 0 Å². The number of benzene rings is 1. The van der Waals surface area contributed by atoms with E-state index in [4.69, 9.17) is 16.3 Å². The van der Waals surface area contributed by atoms with Crippen LogP contribution >= 0.6 is 11.6 Å². The Kier molecular flexibility index (Phi) is 5.99. The molecule has 1 N–H and O–H groups in total. The molecule has 1 atom stereocenters. The number of halogens is 1. The van der Waals surface area contributed by atoms with Gasteiger partial charge in [-0.3, -0.25) is 0 Å². The van der Waals surface area contributed by atoms with Crippen LogP contribution in [0.2, 0.25) is 0 Å². The van der Waals surface area contributed by atoms with Crippen molar-refractivity contribution in [3.63, 3.8) is 0 Å². The average Bonchev–Trinajstić information content (AvgIpc) is 2.38. The summed E-state index contributed by atoms with van der Waals surface area (Å²) in [7, 11) is 0. The van der Waals surface area contributed by atoms with Crippen LogP contribution in [0.1, 0.15) is 25.0 Å². The van der Waals surface area contributed by atoms with Gasteiger partial charge in [0.15, 0.2) is 0 Å². The topological polar surface area (TPSA) is 38.3 Å². The van der Waals surface area contributed by atoms with E-state index in [1.807, 2.05) is 19.1 Å². The number of hydrogen-bond acceptors (Lipinski definition) is 3. The van der Waals surface area contributed by atoms with E-state index < -0.39 is 0 Å². The van der Waals surface area contributed by atoms with Crippen molar-refractivity contribution >= 4 is 23.3 Å². The van der Waals surface area contributed by atoms with Gasteiger partial charge in [-0.1, -0.05) is 25.1 Å². The van der Waals surface area contributed by atoms with Crippen LogP contribution in [0.25, 0.3) is 0 Å². The van der Waals surface area contributed by atoms with Crippen LogP contribution in [0, 0.1) is 6.92 Å². The molecule has 1 aromatic carbocycles. The molecule has 0 aliphatic rings. The Bertz CT molecular complexity index is 407. The van der Waals surface area contributed by atoms with E-state index in [2.05, 4.69) is 18.3 Å². The van der Waals surface area contributed by atoms with Gasteiger partial charge in [0, 0.05) is 5.69 Å². The highest BCUT2D eigenvalue weighted by Gasteiger charge is 2.16. The molecule has 0 saturated heterocycles. The van der Waals surface area contributed by atoms with E-state index in [0.29, 0.717) is 5.88 Å². The van der Waals surface area contributed by atoms with Crippen LogP contribution in [-0.2, 0) is 16.0 Å². The van der Waals surface area contributed by atoms with E-state index in [-0.39, 0.29) is 18.6 Å². The Morgan fingerprint density at radius 3 is 2.83 bits per heavy atom. The summed E-state index contributed by atoms with van der Waals surface area (Å²) in [6, 6.07) is 5.74. The molecule has 1 aromatic rings. The number of carbonyl (C=O) groups is 1. The van der Waals surface area contributed by atoms with E-state index in [0.717, 1.165) is 17.7 Å². The predicted octanol–water partition coefficient (Wildman–Crippen LogP) is 3.14. The quantitative estimate of drug-likeness (QED) is 0.637. The van der Waals surface area contributed by atoms with Gasteiger partial charge in [0.1, 0.15) is 12.6 Å². The molecule has 1 rings (SSSR count). The molecule has 0 amide bonds. The van der Waals surface area contributed by atoms with Crippen molar-refractivity contribution in [1.29, 1.82) is 0 Å². The molecule has 100 valence electrons. The fourth-order valence-electron chi connectivity index (χ4n) is 1.77. The molecule has 0 bridgehead atoms. The lowest BCUT2D eigenvalue weighted by Gasteiger charge is -2.18. The molecule has 0 radical (unpaired) electrons. The van der Waals surface area contributed by atoms with Crippen molar-refractivity contribution in [2.75, 3.05) is 17.8 Å². The Balaban J connectivity index is 2.75. The number of nitrogens with one attached hydrogen (secondary N) is 1. The third kappa shape index (κ3) is 3.91. The van der Waals surface area contributed by atoms with Gasteiger partial charge in [0.25, 0.3) is 0 Å². The summed E-state index contributed by atoms with van der Waals surface area (Å²) < 4.78 is 5.01. The SMILES string of the molecule is CCc1cccc(C)c1NC(C)C(=O)OCCCl. The largest absolute Gasteiger partial charge is 0.463 e. The number of carbonyl (C=O) groups excluding carboxylic acids is 1. The van der Waals surface area contributed by atoms with E-state index in [9.17, 15) is 4.79 Å². The Hall–Kier alpha value is -1.22. The molecule has 0 heterocycles. The molecule has 0 spiro atoms. The highest BCUT2D eigenvalue weighted by molar-refractivity contribution is 6.18. The van der Waals surface area contributed by atoms with Gasteiger partial charge in [-0.05, 0) is 31.4 Å². The lowest BCUT2D eigenvalue weighted by molar-refractivity contribution is -0.143. The smallest absolute Gasteiger partial charge is 0.328 e. The highest BCUT2D eigenvalue weighted by Crippen LogP contribution is 2.22. The van der Waals surface area contributed by atoms with Crippen molar-refractivity contribution < 1.29 is 9.53 Å². The minimum Gasteiger partial charge on any atom is -0.463 e. The second-order valence-corrected chi connectivity index (χ2v) is 4.56. The Labute approximate surface area is 113 Å². The number of esters is 1. The van der Waals surface area contributed by atoms with Gasteiger partial charge in [-0.15, -0.1) is 11.6 Å². The summed E-state index contributed by atoms with van der Waals surface area (Å²) in [6.07, 6.45) is 0.924. The summed E-state index contributed by atoms with van der Waals surface area (Å²) in [5.74, 6) is 0.0456. The van der Waals surface area contributed by atoms with E-state index in [1.54, 1.807) is 6.92 Å². The Morgan fingerprint density at radius 1 is 1.50 bits per heavy atom. The molecular formula is C14H20ClNO2. The first-order valence-corrected chi connectivity index (χ1v) is 6.71. The maximum absolute atomic E-state index is 11.7. The van der Waals surface area contributed by atoms with Crippen LogP contribution in [0.15, 0.2) is 18.2 Å². The molecule has 1 unspecified atom stereocenters. The maximum Gasteiger partial charge on any atom is 0.328 e. The van der Waals surface area contributed by atoms with Crippen LogP contribution in [0.5, 0.6) is 0 Å². The molecule has 0 aromatic heterocycles. The van der Waals surface area contributed by atoms with E-state index in [1.165, 1.54) is 5.56 Å². The van der Waals surface area contributed by atoms with Crippen molar-refractivity contribution in [2.45, 2.75) is 33.2 Å². The summed E-state index contributed by atoms with van der Waals surface area (Å²) in [6.45, 7) is 6.16. The lowest BCUT2D eigenvalue weighted by atomic mass is 10.1. The molecule has 3 nitrogen and oxygen atoms in total. The van der Waals surface area contributed by atoms with Crippen molar-refractivity contribution in [3.05, 3.63) is 29.3 Å². The fourth-order valence-corrected chi connectivity index (χ4v) is 1.85. The minimum atomic E-state index is -0.375. The van der Waals surface area contributed by atoms with Crippen LogP contribution in [0.4, 0.5) is 5.69 Å². The summed E-state index contributed by atoms with van der Waals surface area (Å²) in [5, 5.41) is 3.22. The zero-order chi connectivity index (χ0) is 13.5. The first-order valence-electron chi connectivity index (χ1n) is 6.17. The number of ether oxygens (including phenoxy) is 1. The van der Waals surface area contributed by atoms with Crippen LogP contribution in [0.3, 0.4) is 0 Å². The third-order valence-electron chi connectivity index (χ3n) is 2.78. The standard InChI is InChI=1S/C14H20ClNO2/c1-4-12-7-5-6-10(2)13(12)16-11(3)14(17)18-9-8-15/h5-7,11,16H,4,8-9H2,1-3H3. The number of para-hydroxylation sites is 1. The number of rotatable bonds is 6. The molecule has 0 aliphatic carbocycles. The van der Waals surface area contributed by atoms with Gasteiger partial charge in [0.05, 0.1) is 5.88 Å². The van der Waals surface area contributed by atoms with Crippen molar-refractivity contribution in [1.82, 2.24) is 0 Å². The Morgan fingerprint density at radius 2 is 2.22 bits per heavy atom. The number of anilines is 1. The summed E-state index contributed by atoms with van der Waals surface area (Å²) in [5.41, 5.74) is 3.36. The highest BCUT2D eigenvalue weighted by atomic mass is 35.5. The molecule has 18 heavy (non-hydrogen) atoms. The second kappa shape index (κ2) is 7.27. The molecule has 0 aliphatic heterocycles. The van der Waals surface area contributed by atoms with Crippen LogP contribution in [-0.4, -0.2) is 24.5 Å². The van der Waals surface area contributed by atoms with Crippen molar-refractivity contribution in [3.8, 4) is 0 Å². The number of aryl methyl sites for hydroxylation is 2. The zero-order valence-corrected chi connectivity index (χ0v) is 11.9. The summed E-state index contributed by atoms with van der Waals surface area (Å²) >= 11 is 5.49. The molecule has 0 saturated carbocycles. The molecular weight excluding hydrogens is 250 g/mol. The van der Waals surface area contributed by atoms with Gasteiger partial charge < -0.3 is 10.1 Å². The first-order chi connectivity index (χ1) is 8.60. The van der Waals surface area contributed by atoms with Gasteiger partial charge in [0.2, 0.25) is 0 Å². The normalized spacial score (nSPS) is 12.0. The predicted molar refractivity (Wildman–Crippen MR) is 75.3 cm³/mol. The second-order valence-electron chi connectivity index (χ2n) is 4.19. The molecule has 4 heteroatoms. The number of alkyl halides is 1. The number of hydrogen-bond donors (Lipinski definition) is 1. The average molecular weight is 270 g/mol. The lowest BCUT2D eigenvalue weighted by Crippen LogP contribution is -2.29.